The number of carbonyl (C=O) groups is 2. The highest BCUT2D eigenvalue weighted by Crippen LogP contribution is 2.43. The van der Waals surface area contributed by atoms with Gasteiger partial charge in [0.05, 0.1) is 25.6 Å². The van der Waals surface area contributed by atoms with E-state index >= 15 is 0 Å². The summed E-state index contributed by atoms with van der Waals surface area (Å²) in [7, 11) is 3.02. The van der Waals surface area contributed by atoms with Crippen LogP contribution < -0.4 is 14.8 Å². The van der Waals surface area contributed by atoms with Crippen LogP contribution in [0.15, 0.2) is 48.7 Å². The smallest absolute Gasteiger partial charge is 0.339 e. The van der Waals surface area contributed by atoms with Crippen LogP contribution in [-0.2, 0) is 4.79 Å². The van der Waals surface area contributed by atoms with Gasteiger partial charge in [-0.2, -0.15) is 0 Å². The monoisotopic (exact) mass is 408 g/mol. The fourth-order valence-electron chi connectivity index (χ4n) is 3.79. The third-order valence-electron chi connectivity index (χ3n) is 5.21. The molecule has 1 aromatic heterocycles. The Balaban J connectivity index is 1.92. The van der Waals surface area contributed by atoms with E-state index in [4.69, 9.17) is 9.47 Å². The first-order valence-corrected chi connectivity index (χ1v) is 9.22. The topological polar surface area (TPSA) is 110 Å². The van der Waals surface area contributed by atoms with Crippen molar-refractivity contribution < 1.29 is 29.3 Å². The molecule has 0 bridgehead atoms. The molecule has 1 amide bonds. The van der Waals surface area contributed by atoms with E-state index in [-0.39, 0.29) is 29.3 Å². The second-order valence-electron chi connectivity index (χ2n) is 6.91. The summed E-state index contributed by atoms with van der Waals surface area (Å²) >= 11 is 0. The van der Waals surface area contributed by atoms with Crippen LogP contribution in [0.25, 0.3) is 5.69 Å². The molecule has 3 N–H and O–H groups in total. The number of benzene rings is 2. The predicted molar refractivity (Wildman–Crippen MR) is 109 cm³/mol. The molecule has 0 unspecified atom stereocenters. The van der Waals surface area contributed by atoms with Crippen LogP contribution in [0.3, 0.4) is 0 Å². The van der Waals surface area contributed by atoms with Crippen molar-refractivity contribution in [3.8, 4) is 22.9 Å². The van der Waals surface area contributed by atoms with Crippen LogP contribution in [0.2, 0.25) is 0 Å². The third kappa shape index (κ3) is 3.22. The van der Waals surface area contributed by atoms with E-state index in [2.05, 4.69) is 5.32 Å². The number of phenols is 1. The molecule has 1 aliphatic heterocycles. The maximum Gasteiger partial charge on any atom is 0.339 e. The molecule has 1 atom stereocenters. The summed E-state index contributed by atoms with van der Waals surface area (Å²) < 4.78 is 12.1. The van der Waals surface area contributed by atoms with E-state index in [1.54, 1.807) is 35.9 Å². The molecular formula is C22H20N2O6. The lowest BCUT2D eigenvalue weighted by atomic mass is 9.88. The van der Waals surface area contributed by atoms with Crippen LogP contribution in [-0.4, -0.2) is 40.9 Å². The molecule has 0 spiro atoms. The molecule has 1 aliphatic rings. The highest BCUT2D eigenvalue weighted by Gasteiger charge is 2.34. The Kier molecular flexibility index (Phi) is 4.83. The highest BCUT2D eigenvalue weighted by molar-refractivity contribution is 6.04. The van der Waals surface area contributed by atoms with Crippen molar-refractivity contribution in [1.82, 2.24) is 4.57 Å². The van der Waals surface area contributed by atoms with Crippen LogP contribution in [0.4, 0.5) is 5.69 Å². The van der Waals surface area contributed by atoms with Crippen molar-refractivity contribution in [2.24, 2.45) is 0 Å². The molecule has 4 rings (SSSR count). The third-order valence-corrected chi connectivity index (χ3v) is 5.21. The zero-order valence-electron chi connectivity index (χ0n) is 16.4. The molecule has 0 saturated heterocycles. The first-order valence-electron chi connectivity index (χ1n) is 9.22. The number of aromatic nitrogens is 1. The number of rotatable bonds is 5. The minimum Gasteiger partial charge on any atom is -0.504 e. The summed E-state index contributed by atoms with van der Waals surface area (Å²) in [6.07, 6.45) is 1.61. The molecule has 0 fully saturated rings. The molecule has 0 aliphatic carbocycles. The second kappa shape index (κ2) is 7.47. The number of aromatic carboxylic acids is 1. The predicted octanol–water partition coefficient (Wildman–Crippen LogP) is 3.37. The van der Waals surface area contributed by atoms with Gasteiger partial charge in [0.15, 0.2) is 11.5 Å². The molecule has 2 heterocycles. The van der Waals surface area contributed by atoms with Crippen LogP contribution in [0.5, 0.6) is 17.2 Å². The van der Waals surface area contributed by atoms with E-state index in [1.165, 1.54) is 19.4 Å². The Hall–Kier alpha value is -3.94. The number of carboxylic acids is 1. The van der Waals surface area contributed by atoms with Crippen molar-refractivity contribution in [2.75, 3.05) is 19.5 Å². The van der Waals surface area contributed by atoms with E-state index in [1.807, 2.05) is 12.1 Å². The molecule has 30 heavy (non-hydrogen) atoms. The average Bonchev–Trinajstić information content (AvgIpc) is 3.12. The van der Waals surface area contributed by atoms with Crippen LogP contribution >= 0.6 is 0 Å². The fraction of sp³-hybridized carbons (Fsp3) is 0.182. The average molecular weight is 408 g/mol. The normalized spacial score (nSPS) is 15.3. The summed E-state index contributed by atoms with van der Waals surface area (Å²) in [5.74, 6) is -0.960. The van der Waals surface area contributed by atoms with Crippen molar-refractivity contribution >= 4 is 17.6 Å². The number of phenolic OH excluding ortho intramolecular Hbond substituents is 1. The lowest BCUT2D eigenvalue weighted by molar-refractivity contribution is -0.116. The summed E-state index contributed by atoms with van der Waals surface area (Å²) in [6.45, 7) is 0. The number of aromatic hydroxyl groups is 1. The van der Waals surface area contributed by atoms with Crippen molar-refractivity contribution in [1.29, 1.82) is 0 Å². The van der Waals surface area contributed by atoms with Gasteiger partial charge in [0, 0.05) is 24.2 Å². The molecule has 154 valence electrons. The lowest BCUT2D eigenvalue weighted by Crippen LogP contribution is -2.25. The van der Waals surface area contributed by atoms with Crippen molar-refractivity contribution in [3.05, 3.63) is 65.5 Å². The molecule has 3 aromatic rings. The van der Waals surface area contributed by atoms with E-state index in [0.29, 0.717) is 22.8 Å². The molecule has 0 radical (unpaired) electrons. The minimum atomic E-state index is -1.14. The Labute approximate surface area is 172 Å². The Morgan fingerprint density at radius 1 is 1.13 bits per heavy atom. The molecule has 8 heteroatoms. The number of carboxylic acid groups (broad SMARTS) is 1. The summed E-state index contributed by atoms with van der Waals surface area (Å²) in [5, 5.41) is 22.6. The Morgan fingerprint density at radius 3 is 2.47 bits per heavy atom. The first kappa shape index (κ1) is 19.4. The van der Waals surface area contributed by atoms with Gasteiger partial charge < -0.3 is 29.6 Å². The van der Waals surface area contributed by atoms with Crippen molar-refractivity contribution in [2.45, 2.75) is 12.3 Å². The summed E-state index contributed by atoms with van der Waals surface area (Å²) in [4.78, 5) is 24.3. The lowest BCUT2D eigenvalue weighted by Gasteiger charge is -2.26. The Morgan fingerprint density at radius 2 is 1.87 bits per heavy atom. The standard InChI is InChI=1S/C22H20N2O6/c1-29-14-6-4-13(5-7-14)24-11-16(22(27)28)20-21(24)15(10-19(26)23-20)12-3-8-18(30-2)17(25)9-12/h3-9,11,15,25H,10H2,1-2H3,(H,23,26)(H,27,28)/t15-/m0/s1. The van der Waals surface area contributed by atoms with Gasteiger partial charge in [0.1, 0.15) is 11.3 Å². The summed E-state index contributed by atoms with van der Waals surface area (Å²) in [5.41, 5.74) is 2.28. The highest BCUT2D eigenvalue weighted by atomic mass is 16.5. The van der Waals surface area contributed by atoms with Gasteiger partial charge in [0.25, 0.3) is 0 Å². The van der Waals surface area contributed by atoms with Gasteiger partial charge >= 0.3 is 5.97 Å². The SMILES string of the molecule is COc1ccc(-n2cc(C(=O)O)c3c2[C@H](c2ccc(OC)c(O)c2)CC(=O)N3)cc1. The largest absolute Gasteiger partial charge is 0.504 e. The number of carbonyl (C=O) groups excluding carboxylic acids is 1. The van der Waals surface area contributed by atoms with E-state index < -0.39 is 11.9 Å². The zero-order chi connectivity index (χ0) is 21.4. The minimum absolute atomic E-state index is 0.00315. The molecule has 8 nitrogen and oxygen atoms in total. The second-order valence-corrected chi connectivity index (χ2v) is 6.91. The van der Waals surface area contributed by atoms with Gasteiger partial charge in [-0.1, -0.05) is 6.07 Å². The zero-order valence-corrected chi connectivity index (χ0v) is 16.4. The van der Waals surface area contributed by atoms with Gasteiger partial charge in [-0.25, -0.2) is 4.79 Å². The van der Waals surface area contributed by atoms with Gasteiger partial charge in [-0.3, -0.25) is 4.79 Å². The van der Waals surface area contributed by atoms with Gasteiger partial charge in [-0.15, -0.1) is 0 Å². The number of nitrogens with zero attached hydrogens (tertiary/aromatic N) is 1. The summed E-state index contributed by atoms with van der Waals surface area (Å²) in [6, 6.07) is 12.1. The number of nitrogens with one attached hydrogen (secondary N) is 1. The maximum atomic E-state index is 12.4. The van der Waals surface area contributed by atoms with E-state index in [0.717, 1.165) is 5.69 Å². The van der Waals surface area contributed by atoms with Crippen molar-refractivity contribution in [3.63, 3.8) is 0 Å². The first-order chi connectivity index (χ1) is 14.4. The number of methoxy groups -OCH3 is 2. The van der Waals surface area contributed by atoms with E-state index in [9.17, 15) is 19.8 Å². The molecular weight excluding hydrogens is 388 g/mol. The quantitative estimate of drug-likeness (QED) is 0.597. The number of amides is 1. The van der Waals surface area contributed by atoms with Gasteiger partial charge in [0.2, 0.25) is 5.91 Å². The molecule has 2 aromatic carbocycles. The molecule has 0 saturated carbocycles. The Bertz CT molecular complexity index is 1130. The fourth-order valence-corrected chi connectivity index (χ4v) is 3.79. The van der Waals surface area contributed by atoms with Gasteiger partial charge in [-0.05, 0) is 42.0 Å². The number of fused-ring (bicyclic) bond motifs is 1. The maximum absolute atomic E-state index is 12.4. The number of ether oxygens (including phenoxy) is 2. The van der Waals surface area contributed by atoms with Crippen LogP contribution in [0, 0.1) is 0 Å². The van der Waals surface area contributed by atoms with Crippen LogP contribution in [0.1, 0.15) is 34.0 Å². The number of hydrogen-bond donors (Lipinski definition) is 3. The number of hydrogen-bond acceptors (Lipinski definition) is 5. The number of anilines is 1.